The summed E-state index contributed by atoms with van der Waals surface area (Å²) in [5.74, 6) is 1.85. The highest BCUT2D eigenvalue weighted by Gasteiger charge is 2.40. The minimum atomic E-state index is -0.901. The minimum Gasteiger partial charge on any atom is -0.455 e. The smallest absolute Gasteiger partial charge is 0.139 e. The molecule has 0 amide bonds. The summed E-state index contributed by atoms with van der Waals surface area (Å²) in [4.78, 5) is 0. The van der Waals surface area contributed by atoms with Gasteiger partial charge < -0.3 is 4.74 Å². The Morgan fingerprint density at radius 3 is 1.56 bits per heavy atom. The van der Waals surface area contributed by atoms with Gasteiger partial charge in [-0.25, -0.2) is 0 Å². The summed E-state index contributed by atoms with van der Waals surface area (Å²) in [5.41, 5.74) is 1.86. The molecule has 1 nitrogen and oxygen atoms in total. The van der Waals surface area contributed by atoms with Gasteiger partial charge in [-0.3, -0.25) is 0 Å². The third kappa shape index (κ3) is 5.69. The first-order chi connectivity index (χ1) is 21.0. The maximum absolute atomic E-state index is 7.23. The zero-order valence-corrected chi connectivity index (χ0v) is 26.7. The lowest BCUT2D eigenvalue weighted by Crippen LogP contribution is -2.33. The van der Waals surface area contributed by atoms with E-state index in [9.17, 15) is 0 Å². The van der Waals surface area contributed by atoms with Crippen LogP contribution >= 0.6 is 15.8 Å². The summed E-state index contributed by atoms with van der Waals surface area (Å²) < 4.78 is 7.23. The molecule has 0 N–H and O–H groups in total. The van der Waals surface area contributed by atoms with Crippen LogP contribution in [0.5, 0.6) is 5.75 Å². The van der Waals surface area contributed by atoms with Crippen molar-refractivity contribution in [2.24, 2.45) is 0 Å². The predicted octanol–water partition coefficient (Wildman–Crippen LogP) is 8.59. The van der Waals surface area contributed by atoms with Crippen LogP contribution in [0.3, 0.4) is 0 Å². The van der Waals surface area contributed by atoms with Crippen LogP contribution < -0.4 is 31.3 Å². The summed E-state index contributed by atoms with van der Waals surface area (Å²) >= 11 is 0. The van der Waals surface area contributed by atoms with Crippen LogP contribution in [0.4, 0.5) is 0 Å². The lowest BCUT2D eigenvalue weighted by molar-refractivity contribution is 0.375. The van der Waals surface area contributed by atoms with Gasteiger partial charge in [-0.1, -0.05) is 172 Å². The van der Waals surface area contributed by atoms with E-state index in [0.717, 1.165) is 17.1 Å². The number of para-hydroxylation sites is 1. The van der Waals surface area contributed by atoms with Gasteiger partial charge in [0.1, 0.15) is 11.5 Å². The van der Waals surface area contributed by atoms with Crippen LogP contribution in [0, 0.1) is 0 Å². The van der Waals surface area contributed by atoms with Crippen LogP contribution in [0.25, 0.3) is 0 Å². The van der Waals surface area contributed by atoms with Crippen molar-refractivity contribution in [3.63, 3.8) is 0 Å². The second kappa shape index (κ2) is 12.7. The topological polar surface area (TPSA) is 9.23 Å². The fourth-order valence-corrected chi connectivity index (χ4v) is 10.6. The molecule has 1 aliphatic heterocycles. The number of allylic oxidation sites excluding steroid dienone is 4. The first-order valence-corrected chi connectivity index (χ1v) is 17.4. The average Bonchev–Trinajstić information content (AvgIpc) is 3.05. The number of hydrogen-bond donors (Lipinski definition) is 0. The van der Waals surface area contributed by atoms with Gasteiger partial charge in [0.2, 0.25) is 0 Å². The molecule has 1 aliphatic rings. The molecule has 0 saturated carbocycles. The number of ether oxygens (including phenoxy) is 1. The van der Waals surface area contributed by atoms with Gasteiger partial charge in [0.15, 0.2) is 0 Å². The van der Waals surface area contributed by atoms with E-state index < -0.39 is 15.8 Å². The summed E-state index contributed by atoms with van der Waals surface area (Å²) in [7, 11) is -1.76. The SMILES string of the molecule is C=C1/C(=C(\C=C/C)P(c2ccccc2)c2ccccc2)Oc2c(P(c3ccccc3)c3ccccc3)cccc2C1(C)C. The Kier molecular flexibility index (Phi) is 8.58. The molecule has 6 rings (SSSR count). The molecular formula is C40H36OP2. The van der Waals surface area contributed by atoms with E-state index in [4.69, 9.17) is 11.3 Å². The maximum Gasteiger partial charge on any atom is 0.139 e. The minimum absolute atomic E-state index is 0.325. The highest BCUT2D eigenvalue weighted by atomic mass is 31.1. The summed E-state index contributed by atoms with van der Waals surface area (Å²) in [5, 5.41) is 7.58. The maximum atomic E-state index is 7.23. The molecule has 0 atom stereocenters. The highest BCUT2D eigenvalue weighted by Crippen LogP contribution is 2.53. The first-order valence-electron chi connectivity index (χ1n) is 14.7. The Morgan fingerprint density at radius 2 is 1.09 bits per heavy atom. The number of benzene rings is 5. The van der Waals surface area contributed by atoms with Gasteiger partial charge in [-0.15, -0.1) is 0 Å². The number of hydrogen-bond acceptors (Lipinski definition) is 1. The Balaban J connectivity index is 1.61. The monoisotopic (exact) mass is 594 g/mol. The fourth-order valence-electron chi connectivity index (χ4n) is 5.69. The molecule has 212 valence electrons. The third-order valence-electron chi connectivity index (χ3n) is 8.00. The van der Waals surface area contributed by atoms with Crippen molar-refractivity contribution in [3.05, 3.63) is 180 Å². The van der Waals surface area contributed by atoms with E-state index in [1.165, 1.54) is 37.4 Å². The zero-order valence-electron chi connectivity index (χ0n) is 24.9. The van der Waals surface area contributed by atoms with Gasteiger partial charge in [0, 0.05) is 21.6 Å². The van der Waals surface area contributed by atoms with Crippen LogP contribution in [0.1, 0.15) is 26.3 Å². The van der Waals surface area contributed by atoms with Gasteiger partial charge in [-0.05, 0) is 49.6 Å². The van der Waals surface area contributed by atoms with Crippen molar-refractivity contribution >= 4 is 42.4 Å². The summed E-state index contributed by atoms with van der Waals surface area (Å²) in [6.45, 7) is 11.4. The molecule has 0 spiro atoms. The Bertz CT molecular complexity index is 1690. The number of fused-ring (bicyclic) bond motifs is 1. The molecule has 5 aromatic rings. The first kappa shape index (κ1) is 29.1. The molecule has 43 heavy (non-hydrogen) atoms. The van der Waals surface area contributed by atoms with Crippen molar-refractivity contribution in [3.8, 4) is 5.75 Å². The second-order valence-electron chi connectivity index (χ2n) is 11.1. The molecule has 0 unspecified atom stereocenters. The number of rotatable bonds is 7. The van der Waals surface area contributed by atoms with Crippen LogP contribution in [0.2, 0.25) is 0 Å². The average molecular weight is 595 g/mol. The molecule has 0 aliphatic carbocycles. The van der Waals surface area contributed by atoms with E-state index in [1.54, 1.807) is 0 Å². The van der Waals surface area contributed by atoms with Crippen molar-refractivity contribution in [2.45, 2.75) is 26.2 Å². The zero-order chi connectivity index (χ0) is 29.8. The van der Waals surface area contributed by atoms with Crippen molar-refractivity contribution in [2.75, 3.05) is 0 Å². The largest absolute Gasteiger partial charge is 0.455 e. The predicted molar refractivity (Wildman–Crippen MR) is 189 cm³/mol. The Hall–Kier alpha value is -4.02. The van der Waals surface area contributed by atoms with E-state index in [1.807, 2.05) is 0 Å². The normalized spacial score (nSPS) is 15.4. The lowest BCUT2D eigenvalue weighted by Gasteiger charge is -2.39. The van der Waals surface area contributed by atoms with E-state index in [2.05, 4.69) is 172 Å². The third-order valence-corrected chi connectivity index (χ3v) is 12.9. The van der Waals surface area contributed by atoms with E-state index in [0.29, 0.717) is 0 Å². The van der Waals surface area contributed by atoms with E-state index in [-0.39, 0.29) is 5.41 Å². The van der Waals surface area contributed by atoms with Crippen molar-refractivity contribution in [1.82, 2.24) is 0 Å². The molecule has 0 radical (unpaired) electrons. The Morgan fingerprint density at radius 1 is 0.628 bits per heavy atom. The van der Waals surface area contributed by atoms with Gasteiger partial charge in [-0.2, -0.15) is 0 Å². The molecular weight excluding hydrogens is 558 g/mol. The quantitative estimate of drug-likeness (QED) is 0.172. The molecule has 0 aromatic heterocycles. The fraction of sp³-hybridized carbons (Fsp3) is 0.100. The van der Waals surface area contributed by atoms with Gasteiger partial charge in [0.05, 0.1) is 0 Å². The molecule has 0 fully saturated rings. The molecule has 0 bridgehead atoms. The van der Waals surface area contributed by atoms with Gasteiger partial charge in [0.25, 0.3) is 0 Å². The van der Waals surface area contributed by atoms with Gasteiger partial charge >= 0.3 is 0 Å². The van der Waals surface area contributed by atoms with Crippen LogP contribution in [-0.2, 0) is 5.41 Å². The second-order valence-corrected chi connectivity index (χ2v) is 15.5. The van der Waals surface area contributed by atoms with Crippen LogP contribution in [-0.4, -0.2) is 0 Å². The molecule has 5 aromatic carbocycles. The summed E-state index contributed by atoms with van der Waals surface area (Å²) in [6, 6.07) is 50.0. The lowest BCUT2D eigenvalue weighted by atomic mass is 9.75. The highest BCUT2D eigenvalue weighted by molar-refractivity contribution is 7.80. The molecule has 3 heteroatoms. The van der Waals surface area contributed by atoms with Crippen molar-refractivity contribution in [1.29, 1.82) is 0 Å². The molecule has 1 heterocycles. The molecule has 0 saturated heterocycles. The Labute approximate surface area is 258 Å². The van der Waals surface area contributed by atoms with Crippen LogP contribution in [0.15, 0.2) is 175 Å². The standard InChI is InChI=1S/C40H36OP2/c1-5-19-36(42(31-20-10-6-11-21-31)32-22-12-7-13-23-32)38-30(2)40(3,4)35-28-18-29-37(39(35)41-38)43(33-24-14-8-15-25-33)34-26-16-9-17-27-34/h5-29H,2H2,1,3-4H3/b19-5-,38-36-. The summed E-state index contributed by atoms with van der Waals surface area (Å²) in [6.07, 6.45) is 4.38. The van der Waals surface area contributed by atoms with E-state index >= 15 is 0 Å². The van der Waals surface area contributed by atoms with Crippen molar-refractivity contribution < 1.29 is 4.74 Å².